The molecule has 0 heterocycles. The number of carbonyl (C=O) groups is 1. The zero-order valence-electron chi connectivity index (χ0n) is 13.0. The number of likely N-dealkylation sites (N-methyl/N-ethyl adjacent to an activating group) is 1. The molecule has 0 aliphatic heterocycles. The van der Waals surface area contributed by atoms with Gasteiger partial charge in [-0.15, -0.1) is 3.89 Å². The van der Waals surface area contributed by atoms with Crippen molar-refractivity contribution >= 4 is 33.6 Å². The zero-order valence-corrected chi connectivity index (χ0v) is 13.8. The molecule has 130 valence electrons. The maximum atomic E-state index is 12.8. The van der Waals surface area contributed by atoms with Gasteiger partial charge in [0.05, 0.1) is 9.82 Å². The number of amides is 1. The molecule has 0 aliphatic rings. The highest BCUT2D eigenvalue weighted by molar-refractivity contribution is 7.86. The number of non-ortho nitro benzene ring substituents is 1. The minimum atomic E-state index is -4.79. The molecular formula is C16H13FN2O5S. The van der Waals surface area contributed by atoms with Crippen LogP contribution in [0.1, 0.15) is 5.56 Å². The van der Waals surface area contributed by atoms with Crippen LogP contribution in [0.4, 0.5) is 15.3 Å². The first-order valence-electron chi connectivity index (χ1n) is 6.93. The maximum absolute atomic E-state index is 12.8. The number of nitro groups is 1. The van der Waals surface area contributed by atoms with Crippen LogP contribution < -0.4 is 4.90 Å². The smallest absolute Gasteiger partial charge is 0.312 e. The lowest BCUT2D eigenvalue weighted by Gasteiger charge is -2.15. The van der Waals surface area contributed by atoms with Gasteiger partial charge < -0.3 is 4.90 Å². The Hall–Kier alpha value is -3.07. The highest BCUT2D eigenvalue weighted by Gasteiger charge is 2.13. The highest BCUT2D eigenvalue weighted by Crippen LogP contribution is 2.19. The van der Waals surface area contributed by atoms with Gasteiger partial charge in [-0.1, -0.05) is 0 Å². The average Bonchev–Trinajstić information content (AvgIpc) is 2.58. The summed E-state index contributed by atoms with van der Waals surface area (Å²) in [7, 11) is -3.31. The van der Waals surface area contributed by atoms with Gasteiger partial charge in [0.1, 0.15) is 0 Å². The normalized spacial score (nSPS) is 11.4. The molecule has 0 fully saturated rings. The quantitative estimate of drug-likeness (QED) is 0.352. The van der Waals surface area contributed by atoms with E-state index in [9.17, 15) is 27.2 Å². The molecule has 7 nitrogen and oxygen atoms in total. The first-order valence-corrected chi connectivity index (χ1v) is 8.32. The van der Waals surface area contributed by atoms with Gasteiger partial charge in [0.25, 0.3) is 11.6 Å². The molecule has 2 aromatic carbocycles. The summed E-state index contributed by atoms with van der Waals surface area (Å²) in [5.74, 6) is -0.408. The minimum Gasteiger partial charge on any atom is -0.312 e. The van der Waals surface area contributed by atoms with E-state index in [0.29, 0.717) is 11.3 Å². The van der Waals surface area contributed by atoms with Crippen molar-refractivity contribution in [2.24, 2.45) is 0 Å². The SMILES string of the molecule is CN(C(=O)/C=C\c1ccc([N+](=O)[O-])cc1)c1ccc(S(=O)(=O)F)cc1. The molecule has 0 radical (unpaired) electrons. The number of carbonyl (C=O) groups excluding carboxylic acids is 1. The summed E-state index contributed by atoms with van der Waals surface area (Å²) in [5.41, 5.74) is 0.931. The fourth-order valence-corrected chi connectivity index (χ4v) is 2.41. The minimum absolute atomic E-state index is 0.0523. The molecule has 25 heavy (non-hydrogen) atoms. The topological polar surface area (TPSA) is 97.6 Å². The molecule has 9 heteroatoms. The number of hydrogen-bond donors (Lipinski definition) is 0. The molecule has 0 aromatic heterocycles. The van der Waals surface area contributed by atoms with Crippen molar-refractivity contribution in [3.63, 3.8) is 0 Å². The summed E-state index contributed by atoms with van der Waals surface area (Å²) < 4.78 is 34.4. The Morgan fingerprint density at radius 2 is 1.68 bits per heavy atom. The summed E-state index contributed by atoms with van der Waals surface area (Å²) in [6, 6.07) is 10.4. The van der Waals surface area contributed by atoms with Crippen LogP contribution in [0, 0.1) is 10.1 Å². The van der Waals surface area contributed by atoms with Gasteiger partial charge in [-0.3, -0.25) is 14.9 Å². The second-order valence-electron chi connectivity index (χ2n) is 5.01. The molecule has 0 saturated heterocycles. The fraction of sp³-hybridized carbons (Fsp3) is 0.0625. The molecule has 0 aliphatic carbocycles. The Morgan fingerprint density at radius 3 is 2.16 bits per heavy atom. The molecular weight excluding hydrogens is 351 g/mol. The fourth-order valence-electron chi connectivity index (χ4n) is 1.95. The number of nitro benzene ring substituents is 1. The van der Waals surface area contributed by atoms with Crippen LogP contribution in [-0.4, -0.2) is 26.3 Å². The summed E-state index contributed by atoms with van der Waals surface area (Å²) >= 11 is 0. The van der Waals surface area contributed by atoms with E-state index in [-0.39, 0.29) is 5.69 Å². The predicted molar refractivity (Wildman–Crippen MR) is 90.3 cm³/mol. The van der Waals surface area contributed by atoms with E-state index in [4.69, 9.17) is 0 Å². The Labute approximate surface area is 143 Å². The van der Waals surface area contributed by atoms with Crippen LogP contribution >= 0.6 is 0 Å². The van der Waals surface area contributed by atoms with E-state index in [0.717, 1.165) is 12.1 Å². The summed E-state index contributed by atoms with van der Waals surface area (Å²) in [6.07, 6.45) is 2.75. The Kier molecular flexibility index (Phi) is 5.28. The Morgan fingerprint density at radius 1 is 1.12 bits per heavy atom. The van der Waals surface area contributed by atoms with Gasteiger partial charge >= 0.3 is 10.2 Å². The Balaban J connectivity index is 2.10. The lowest BCUT2D eigenvalue weighted by molar-refractivity contribution is -0.384. The lowest BCUT2D eigenvalue weighted by atomic mass is 10.2. The zero-order chi connectivity index (χ0) is 18.6. The number of anilines is 1. The van der Waals surface area contributed by atoms with Gasteiger partial charge in [-0.25, -0.2) is 0 Å². The van der Waals surface area contributed by atoms with Crippen molar-refractivity contribution in [2.45, 2.75) is 4.90 Å². The van der Waals surface area contributed by atoms with Gasteiger partial charge in [0, 0.05) is 30.9 Å². The van der Waals surface area contributed by atoms with Crippen LogP contribution in [0.2, 0.25) is 0 Å². The second-order valence-corrected chi connectivity index (χ2v) is 6.36. The van der Waals surface area contributed by atoms with E-state index < -0.39 is 25.9 Å². The molecule has 1 amide bonds. The number of halogens is 1. The van der Waals surface area contributed by atoms with Crippen molar-refractivity contribution < 1.29 is 22.0 Å². The monoisotopic (exact) mass is 364 g/mol. The van der Waals surface area contributed by atoms with E-state index in [1.807, 2.05) is 0 Å². The average molecular weight is 364 g/mol. The molecule has 0 saturated carbocycles. The molecule has 0 unspecified atom stereocenters. The van der Waals surface area contributed by atoms with Crippen molar-refractivity contribution in [3.8, 4) is 0 Å². The van der Waals surface area contributed by atoms with Crippen LogP contribution in [0.5, 0.6) is 0 Å². The van der Waals surface area contributed by atoms with Crippen molar-refractivity contribution in [1.29, 1.82) is 0 Å². The van der Waals surface area contributed by atoms with Gasteiger partial charge in [0.2, 0.25) is 0 Å². The van der Waals surface area contributed by atoms with Gasteiger partial charge in [-0.2, -0.15) is 8.42 Å². The van der Waals surface area contributed by atoms with E-state index >= 15 is 0 Å². The summed E-state index contributed by atoms with van der Waals surface area (Å²) in [6.45, 7) is 0. The van der Waals surface area contributed by atoms with Crippen LogP contribution in [0.25, 0.3) is 6.08 Å². The van der Waals surface area contributed by atoms with E-state index in [2.05, 4.69) is 0 Å². The number of benzene rings is 2. The molecule has 0 bridgehead atoms. The lowest BCUT2D eigenvalue weighted by Crippen LogP contribution is -2.23. The van der Waals surface area contributed by atoms with Crippen LogP contribution in [-0.2, 0) is 15.0 Å². The summed E-state index contributed by atoms with van der Waals surface area (Å²) in [4.78, 5) is 22.9. The molecule has 2 aromatic rings. The third-order valence-corrected chi connectivity index (χ3v) is 4.19. The van der Waals surface area contributed by atoms with E-state index in [1.165, 1.54) is 60.5 Å². The first kappa shape index (κ1) is 18.3. The van der Waals surface area contributed by atoms with Gasteiger partial charge in [0.15, 0.2) is 0 Å². The summed E-state index contributed by atoms with van der Waals surface area (Å²) in [5, 5.41) is 10.6. The third kappa shape index (κ3) is 4.70. The molecule has 0 atom stereocenters. The second kappa shape index (κ2) is 7.22. The number of rotatable bonds is 5. The van der Waals surface area contributed by atoms with Crippen molar-refractivity contribution in [2.75, 3.05) is 11.9 Å². The van der Waals surface area contributed by atoms with Crippen molar-refractivity contribution in [3.05, 3.63) is 70.3 Å². The number of hydrogen-bond acceptors (Lipinski definition) is 5. The Bertz CT molecular complexity index is 922. The standard InChI is InChI=1S/C16H13FN2O5S/c1-18(13-7-9-15(10-8-13)25(17,23)24)16(20)11-4-12-2-5-14(6-3-12)19(21)22/h2-11H,1H3/b11-4-. The van der Waals surface area contributed by atoms with E-state index in [1.54, 1.807) is 0 Å². The first-order chi connectivity index (χ1) is 11.7. The largest absolute Gasteiger partial charge is 0.332 e. The molecule has 0 N–H and O–H groups in total. The third-order valence-electron chi connectivity index (χ3n) is 3.36. The number of nitrogens with zero attached hydrogens (tertiary/aromatic N) is 2. The van der Waals surface area contributed by atoms with Crippen LogP contribution in [0.15, 0.2) is 59.5 Å². The molecule has 0 spiro atoms. The van der Waals surface area contributed by atoms with Crippen LogP contribution in [0.3, 0.4) is 0 Å². The molecule has 2 rings (SSSR count). The van der Waals surface area contributed by atoms with Crippen molar-refractivity contribution in [1.82, 2.24) is 0 Å². The predicted octanol–water partition coefficient (Wildman–Crippen LogP) is 2.93. The maximum Gasteiger partial charge on any atom is 0.332 e. The van der Waals surface area contributed by atoms with Gasteiger partial charge in [-0.05, 0) is 48.0 Å². The highest BCUT2D eigenvalue weighted by atomic mass is 32.3.